The number of hydrogen-bond acceptors (Lipinski definition) is 6. The molecule has 8 nitrogen and oxygen atoms in total. The molecule has 0 saturated carbocycles. The first-order chi connectivity index (χ1) is 22.3. The van der Waals surface area contributed by atoms with Crippen molar-refractivity contribution < 1.29 is 22.7 Å². The van der Waals surface area contributed by atoms with Crippen LogP contribution in [-0.2, 0) is 17.5 Å². The highest BCUT2D eigenvalue weighted by Gasteiger charge is 2.38. The smallest absolute Gasteiger partial charge is 0.416 e. The predicted molar refractivity (Wildman–Crippen MR) is 167 cm³/mol. The van der Waals surface area contributed by atoms with Crippen molar-refractivity contribution in [3.63, 3.8) is 0 Å². The minimum Gasteiger partial charge on any atom is -0.445 e. The van der Waals surface area contributed by atoms with Crippen molar-refractivity contribution in [2.45, 2.75) is 44.0 Å². The third-order valence-corrected chi connectivity index (χ3v) is 8.23. The Balaban J connectivity index is 1.30. The summed E-state index contributed by atoms with van der Waals surface area (Å²) in [5, 5.41) is 3.36. The van der Waals surface area contributed by atoms with Crippen LogP contribution >= 0.6 is 0 Å². The van der Waals surface area contributed by atoms with Gasteiger partial charge in [-0.2, -0.15) is 13.2 Å². The fourth-order valence-corrected chi connectivity index (χ4v) is 5.84. The van der Waals surface area contributed by atoms with Crippen LogP contribution < -0.4 is 5.32 Å². The molecular formula is C35H33F3N6O2. The summed E-state index contributed by atoms with van der Waals surface area (Å²) in [5.74, 6) is 0.405. The molecule has 0 spiro atoms. The zero-order valence-corrected chi connectivity index (χ0v) is 25.1. The number of amides is 1. The lowest BCUT2D eigenvalue weighted by atomic mass is 9.82. The Bertz CT molecular complexity index is 1760. The van der Waals surface area contributed by atoms with E-state index in [0.717, 1.165) is 23.3 Å². The number of likely N-dealkylation sites (tertiary alicyclic amines) is 1. The van der Waals surface area contributed by atoms with Gasteiger partial charge in [0.05, 0.1) is 17.3 Å². The highest BCUT2D eigenvalue weighted by molar-refractivity contribution is 5.68. The van der Waals surface area contributed by atoms with Crippen molar-refractivity contribution in [2.75, 3.05) is 18.4 Å². The lowest BCUT2D eigenvalue weighted by molar-refractivity contribution is -0.137. The Hall–Kier alpha value is -5.19. The second kappa shape index (κ2) is 13.4. The van der Waals surface area contributed by atoms with Gasteiger partial charge in [-0.15, -0.1) is 0 Å². The monoisotopic (exact) mass is 626 g/mol. The molecule has 0 radical (unpaired) electrons. The predicted octanol–water partition coefficient (Wildman–Crippen LogP) is 7.76. The van der Waals surface area contributed by atoms with Crippen LogP contribution in [0, 0.1) is 0 Å². The molecule has 1 aliphatic rings. The van der Waals surface area contributed by atoms with Gasteiger partial charge in [0.15, 0.2) is 0 Å². The molecule has 5 aromatic rings. The van der Waals surface area contributed by atoms with E-state index in [9.17, 15) is 18.0 Å². The van der Waals surface area contributed by atoms with Gasteiger partial charge < -0.3 is 19.5 Å². The third kappa shape index (κ3) is 7.03. The fraction of sp³-hybridized carbons (Fsp3) is 0.257. The van der Waals surface area contributed by atoms with Gasteiger partial charge in [-0.3, -0.25) is 0 Å². The summed E-state index contributed by atoms with van der Waals surface area (Å²) >= 11 is 0. The summed E-state index contributed by atoms with van der Waals surface area (Å²) in [6.07, 6.45) is 0.489. The van der Waals surface area contributed by atoms with Crippen molar-refractivity contribution in [3.8, 4) is 5.69 Å². The van der Waals surface area contributed by atoms with E-state index in [0.29, 0.717) is 36.1 Å². The summed E-state index contributed by atoms with van der Waals surface area (Å²) in [6.45, 7) is 2.82. The van der Waals surface area contributed by atoms with Gasteiger partial charge in [0.1, 0.15) is 12.4 Å². The third-order valence-electron chi connectivity index (χ3n) is 8.23. The van der Waals surface area contributed by atoms with E-state index in [1.54, 1.807) is 34.1 Å². The number of anilines is 1. The number of ether oxygens (including phenoxy) is 1. The number of imidazole rings is 1. The van der Waals surface area contributed by atoms with Gasteiger partial charge in [0.25, 0.3) is 0 Å². The number of alkyl halides is 3. The molecule has 3 atom stereocenters. The molecule has 3 heterocycles. The van der Waals surface area contributed by atoms with Crippen molar-refractivity contribution in [3.05, 3.63) is 138 Å². The minimum absolute atomic E-state index is 0.0668. The Morgan fingerprint density at radius 2 is 1.72 bits per heavy atom. The zero-order chi connectivity index (χ0) is 32.1. The van der Waals surface area contributed by atoms with E-state index in [1.807, 2.05) is 73.7 Å². The Morgan fingerprint density at radius 1 is 0.957 bits per heavy atom. The van der Waals surface area contributed by atoms with Crippen molar-refractivity contribution in [1.82, 2.24) is 24.4 Å². The molecule has 6 rings (SSSR count). The van der Waals surface area contributed by atoms with Gasteiger partial charge in [0.2, 0.25) is 5.95 Å². The van der Waals surface area contributed by atoms with Crippen LogP contribution in [0.3, 0.4) is 0 Å². The van der Waals surface area contributed by atoms with Crippen LogP contribution in [0.1, 0.15) is 59.4 Å². The molecule has 2 aromatic heterocycles. The van der Waals surface area contributed by atoms with Crippen LogP contribution in [-0.4, -0.2) is 43.6 Å². The Morgan fingerprint density at radius 3 is 2.48 bits per heavy atom. The fourth-order valence-electron chi connectivity index (χ4n) is 5.84. The number of hydrogen-bond donors (Lipinski definition) is 1. The molecule has 3 aromatic carbocycles. The largest absolute Gasteiger partial charge is 0.445 e. The Labute approximate surface area is 264 Å². The van der Waals surface area contributed by atoms with Gasteiger partial charge >= 0.3 is 12.3 Å². The molecule has 46 heavy (non-hydrogen) atoms. The molecule has 1 aliphatic heterocycles. The van der Waals surface area contributed by atoms with Gasteiger partial charge in [-0.1, -0.05) is 66.7 Å². The molecule has 11 heteroatoms. The number of benzene rings is 3. The minimum atomic E-state index is -4.48. The number of aromatic nitrogens is 4. The van der Waals surface area contributed by atoms with Gasteiger partial charge in [0, 0.05) is 49.2 Å². The van der Waals surface area contributed by atoms with Crippen LogP contribution in [0.25, 0.3) is 5.69 Å². The molecular weight excluding hydrogens is 593 g/mol. The lowest BCUT2D eigenvalue weighted by Crippen LogP contribution is -2.43. The number of rotatable bonds is 8. The summed E-state index contributed by atoms with van der Waals surface area (Å²) in [5.41, 5.74) is 2.25. The van der Waals surface area contributed by atoms with Crippen LogP contribution in [0.5, 0.6) is 0 Å². The molecule has 0 aliphatic carbocycles. The van der Waals surface area contributed by atoms with Crippen LogP contribution in [0.15, 0.2) is 110 Å². The summed E-state index contributed by atoms with van der Waals surface area (Å²) in [4.78, 5) is 28.9. The summed E-state index contributed by atoms with van der Waals surface area (Å²) in [6, 6.07) is 26.3. The Kier molecular flexibility index (Phi) is 9.00. The number of halogens is 3. The zero-order valence-electron chi connectivity index (χ0n) is 25.1. The van der Waals surface area contributed by atoms with E-state index < -0.39 is 17.8 Å². The summed E-state index contributed by atoms with van der Waals surface area (Å²) < 4.78 is 48.1. The SMILES string of the molecule is CC(Nc1nccc(C2CN(C(=O)OCc3ccccc3)CCC2c2nccn2-c2cccc(C(F)(F)F)c2)n1)c1ccccc1. The second-order valence-corrected chi connectivity index (χ2v) is 11.3. The standard InChI is InChI=1S/C35H33F3N6O2/c1-24(26-11-6-3-7-12-26)41-33-40-17-15-31(42-33)30-22-43(34(45)46-23-25-9-4-2-5-10-25)19-16-29(30)32-39-18-20-44(32)28-14-8-13-27(21-28)35(36,37)38/h2-15,17-18,20-21,24,29-30H,16,19,22-23H2,1H3,(H,40,41,42). The van der Waals surface area contributed by atoms with Crippen LogP contribution in [0.4, 0.5) is 23.9 Å². The molecule has 1 fully saturated rings. The van der Waals surface area contributed by atoms with Crippen LogP contribution in [0.2, 0.25) is 0 Å². The van der Waals surface area contributed by atoms with Crippen molar-refractivity contribution >= 4 is 12.0 Å². The van der Waals surface area contributed by atoms with E-state index in [2.05, 4.69) is 15.3 Å². The average molecular weight is 627 g/mol. The molecule has 1 amide bonds. The maximum Gasteiger partial charge on any atom is 0.416 e. The average Bonchev–Trinajstić information content (AvgIpc) is 3.58. The quantitative estimate of drug-likeness (QED) is 0.190. The van der Waals surface area contributed by atoms with Crippen molar-refractivity contribution in [1.29, 1.82) is 0 Å². The molecule has 0 bridgehead atoms. The highest BCUT2D eigenvalue weighted by Crippen LogP contribution is 2.40. The number of carbonyl (C=O) groups is 1. The van der Waals surface area contributed by atoms with E-state index >= 15 is 0 Å². The molecule has 1 N–H and O–H groups in total. The van der Waals surface area contributed by atoms with E-state index in [1.165, 1.54) is 6.07 Å². The summed E-state index contributed by atoms with van der Waals surface area (Å²) in [7, 11) is 0. The topological polar surface area (TPSA) is 85.2 Å². The maximum absolute atomic E-state index is 13.6. The number of carbonyl (C=O) groups excluding carboxylic acids is 1. The normalized spacial score (nSPS) is 17.3. The maximum atomic E-state index is 13.6. The second-order valence-electron chi connectivity index (χ2n) is 11.3. The first-order valence-electron chi connectivity index (χ1n) is 15.1. The molecule has 3 unspecified atom stereocenters. The first-order valence-corrected chi connectivity index (χ1v) is 15.1. The first kappa shape index (κ1) is 30.8. The van der Waals surface area contributed by atoms with Crippen molar-refractivity contribution in [2.24, 2.45) is 0 Å². The van der Waals surface area contributed by atoms with Gasteiger partial charge in [-0.25, -0.2) is 19.7 Å². The lowest BCUT2D eigenvalue weighted by Gasteiger charge is -2.37. The number of nitrogens with one attached hydrogen (secondary N) is 1. The van der Waals surface area contributed by atoms with Gasteiger partial charge in [-0.05, 0) is 48.7 Å². The molecule has 1 saturated heterocycles. The number of piperidine rings is 1. The molecule has 236 valence electrons. The highest BCUT2D eigenvalue weighted by atomic mass is 19.4. The van der Waals surface area contributed by atoms with E-state index in [4.69, 9.17) is 9.72 Å². The van der Waals surface area contributed by atoms with E-state index in [-0.39, 0.29) is 31.0 Å². The number of nitrogens with zero attached hydrogens (tertiary/aromatic N) is 5.